The Morgan fingerprint density at radius 1 is 1.00 bits per heavy atom. The molecule has 0 fully saturated rings. The first-order valence-corrected chi connectivity index (χ1v) is 7.67. The Kier molecular flexibility index (Phi) is 5.92. The predicted octanol–water partition coefficient (Wildman–Crippen LogP) is 2.95. The fourth-order valence-corrected chi connectivity index (χ4v) is 2.50. The van der Waals surface area contributed by atoms with E-state index in [0.29, 0.717) is 13.0 Å². The van der Waals surface area contributed by atoms with Gasteiger partial charge in [0.05, 0.1) is 5.92 Å². The first-order chi connectivity index (χ1) is 11.1. The van der Waals surface area contributed by atoms with Crippen LogP contribution in [0.1, 0.15) is 24.0 Å². The molecule has 1 atom stereocenters. The second kappa shape index (κ2) is 8.13. The summed E-state index contributed by atoms with van der Waals surface area (Å²) in [5.41, 5.74) is 1.98. The lowest BCUT2D eigenvalue weighted by Gasteiger charge is -2.24. The third-order valence-electron chi connectivity index (χ3n) is 3.82. The van der Waals surface area contributed by atoms with E-state index in [1.807, 2.05) is 67.6 Å². The average molecular weight is 311 g/mol. The second-order valence-electron chi connectivity index (χ2n) is 5.52. The maximum absolute atomic E-state index is 12.7. The lowest BCUT2D eigenvalue weighted by molar-refractivity contribution is -0.144. The van der Waals surface area contributed by atoms with Crippen molar-refractivity contribution >= 4 is 11.9 Å². The molecule has 0 spiro atoms. The van der Waals surface area contributed by atoms with Gasteiger partial charge in [0, 0.05) is 6.54 Å². The number of aliphatic carboxylic acids is 1. The second-order valence-corrected chi connectivity index (χ2v) is 5.52. The zero-order valence-corrected chi connectivity index (χ0v) is 13.2. The van der Waals surface area contributed by atoms with Crippen LogP contribution in [-0.4, -0.2) is 35.0 Å². The Morgan fingerprint density at radius 3 is 2.13 bits per heavy atom. The molecule has 23 heavy (non-hydrogen) atoms. The molecule has 0 aromatic heterocycles. The van der Waals surface area contributed by atoms with Crippen molar-refractivity contribution in [2.24, 2.45) is 0 Å². The molecule has 0 heterocycles. The average Bonchev–Trinajstić information content (AvgIpc) is 2.58. The van der Waals surface area contributed by atoms with Crippen molar-refractivity contribution in [3.63, 3.8) is 0 Å². The van der Waals surface area contributed by atoms with Crippen LogP contribution in [0, 0.1) is 0 Å². The van der Waals surface area contributed by atoms with Crippen LogP contribution in [0.3, 0.4) is 0 Å². The Morgan fingerprint density at radius 2 is 1.57 bits per heavy atom. The minimum atomic E-state index is -0.994. The van der Waals surface area contributed by atoms with Crippen LogP contribution in [0.4, 0.5) is 0 Å². The van der Waals surface area contributed by atoms with Gasteiger partial charge in [0.1, 0.15) is 6.54 Å². The van der Waals surface area contributed by atoms with Gasteiger partial charge in [-0.2, -0.15) is 0 Å². The Balaban J connectivity index is 2.07. The number of hydrogen-bond donors (Lipinski definition) is 1. The number of carbonyl (C=O) groups is 2. The summed E-state index contributed by atoms with van der Waals surface area (Å²) in [4.78, 5) is 25.2. The highest BCUT2D eigenvalue weighted by Crippen LogP contribution is 2.18. The Labute approximate surface area is 136 Å². The quantitative estimate of drug-likeness (QED) is 0.855. The summed E-state index contributed by atoms with van der Waals surface area (Å²) in [7, 11) is 0. The van der Waals surface area contributed by atoms with Gasteiger partial charge in [-0.1, -0.05) is 60.7 Å². The first-order valence-electron chi connectivity index (χ1n) is 7.67. The highest BCUT2D eigenvalue weighted by Gasteiger charge is 2.23. The largest absolute Gasteiger partial charge is 0.480 e. The van der Waals surface area contributed by atoms with Gasteiger partial charge in [-0.25, -0.2) is 0 Å². The van der Waals surface area contributed by atoms with Crippen molar-refractivity contribution < 1.29 is 14.7 Å². The molecular formula is C19H21NO3. The van der Waals surface area contributed by atoms with Gasteiger partial charge in [0.15, 0.2) is 0 Å². The van der Waals surface area contributed by atoms with E-state index in [1.165, 1.54) is 4.90 Å². The van der Waals surface area contributed by atoms with E-state index < -0.39 is 5.97 Å². The number of benzene rings is 2. The van der Waals surface area contributed by atoms with E-state index in [9.17, 15) is 9.59 Å². The number of rotatable bonds is 7. The van der Waals surface area contributed by atoms with Gasteiger partial charge < -0.3 is 10.0 Å². The van der Waals surface area contributed by atoms with Gasteiger partial charge in [0.2, 0.25) is 5.91 Å². The summed E-state index contributed by atoms with van der Waals surface area (Å²) in [5.74, 6) is -1.51. The van der Waals surface area contributed by atoms with Crippen LogP contribution in [0.2, 0.25) is 0 Å². The lowest BCUT2D eigenvalue weighted by atomic mass is 9.99. The highest BCUT2D eigenvalue weighted by molar-refractivity contribution is 5.86. The maximum Gasteiger partial charge on any atom is 0.323 e. The van der Waals surface area contributed by atoms with Gasteiger partial charge >= 0.3 is 5.97 Å². The fraction of sp³-hybridized carbons (Fsp3) is 0.263. The van der Waals surface area contributed by atoms with Crippen LogP contribution < -0.4 is 0 Å². The minimum absolute atomic E-state index is 0.158. The number of carboxylic acids is 1. The van der Waals surface area contributed by atoms with Crippen molar-refractivity contribution in [3.8, 4) is 0 Å². The van der Waals surface area contributed by atoms with E-state index in [4.69, 9.17) is 5.11 Å². The van der Waals surface area contributed by atoms with E-state index in [1.54, 1.807) is 0 Å². The number of amides is 1. The topological polar surface area (TPSA) is 57.6 Å². The lowest BCUT2D eigenvalue weighted by Crippen LogP contribution is -2.39. The highest BCUT2D eigenvalue weighted by atomic mass is 16.4. The van der Waals surface area contributed by atoms with E-state index in [2.05, 4.69) is 0 Å². The summed E-state index contributed by atoms with van der Waals surface area (Å²) in [6.07, 6.45) is 0.640. The van der Waals surface area contributed by atoms with Crippen molar-refractivity contribution in [1.29, 1.82) is 0 Å². The Hall–Kier alpha value is -2.62. The van der Waals surface area contributed by atoms with E-state index >= 15 is 0 Å². The van der Waals surface area contributed by atoms with E-state index in [0.717, 1.165) is 11.1 Å². The van der Waals surface area contributed by atoms with Crippen molar-refractivity contribution in [2.75, 3.05) is 13.1 Å². The number of nitrogens with zero attached hydrogens (tertiary/aromatic N) is 1. The Bertz CT molecular complexity index is 640. The zero-order chi connectivity index (χ0) is 16.7. The number of carboxylic acid groups (broad SMARTS) is 1. The van der Waals surface area contributed by atoms with Crippen LogP contribution in [0.25, 0.3) is 0 Å². The standard InChI is InChI=1S/C19H21NO3/c1-15(17-10-6-3-7-11-17)19(23)20(14-18(21)22)13-12-16-8-4-2-5-9-16/h2-11,15H,12-14H2,1H3,(H,21,22)/t15-/m0/s1. The molecule has 0 saturated carbocycles. The molecule has 1 N–H and O–H groups in total. The first kappa shape index (κ1) is 16.7. The van der Waals surface area contributed by atoms with Crippen molar-refractivity contribution in [2.45, 2.75) is 19.3 Å². The molecule has 0 unspecified atom stereocenters. The molecule has 2 aromatic rings. The third kappa shape index (κ3) is 4.95. The van der Waals surface area contributed by atoms with Crippen LogP contribution in [0.15, 0.2) is 60.7 Å². The minimum Gasteiger partial charge on any atom is -0.480 e. The molecule has 4 nitrogen and oxygen atoms in total. The van der Waals surface area contributed by atoms with Crippen LogP contribution >= 0.6 is 0 Å². The molecule has 2 rings (SSSR count). The molecule has 1 amide bonds. The van der Waals surface area contributed by atoms with Crippen molar-refractivity contribution in [3.05, 3.63) is 71.8 Å². The summed E-state index contributed by atoms with van der Waals surface area (Å²) in [6.45, 7) is 1.93. The summed E-state index contributed by atoms with van der Waals surface area (Å²) >= 11 is 0. The zero-order valence-electron chi connectivity index (χ0n) is 13.2. The third-order valence-corrected chi connectivity index (χ3v) is 3.82. The summed E-state index contributed by atoms with van der Waals surface area (Å²) in [6, 6.07) is 19.2. The van der Waals surface area contributed by atoms with E-state index in [-0.39, 0.29) is 18.4 Å². The summed E-state index contributed by atoms with van der Waals surface area (Å²) < 4.78 is 0. The van der Waals surface area contributed by atoms with Crippen molar-refractivity contribution in [1.82, 2.24) is 4.90 Å². The normalized spacial score (nSPS) is 11.7. The fourth-order valence-electron chi connectivity index (χ4n) is 2.50. The van der Waals surface area contributed by atoms with Crippen LogP contribution in [-0.2, 0) is 16.0 Å². The monoisotopic (exact) mass is 311 g/mol. The number of carbonyl (C=O) groups excluding carboxylic acids is 1. The molecule has 0 saturated heterocycles. The predicted molar refractivity (Wildman–Crippen MR) is 89.2 cm³/mol. The molecule has 120 valence electrons. The molecule has 0 aliphatic heterocycles. The molecule has 0 bridgehead atoms. The molecule has 0 radical (unpaired) electrons. The SMILES string of the molecule is C[C@H](C(=O)N(CCc1ccccc1)CC(=O)O)c1ccccc1. The smallest absolute Gasteiger partial charge is 0.323 e. The van der Waals surface area contributed by atoms with Gasteiger partial charge in [-0.05, 0) is 24.5 Å². The molecule has 0 aliphatic carbocycles. The molecule has 0 aliphatic rings. The molecule has 4 heteroatoms. The number of hydrogen-bond acceptors (Lipinski definition) is 2. The van der Waals surface area contributed by atoms with Gasteiger partial charge in [0.25, 0.3) is 0 Å². The maximum atomic E-state index is 12.7. The van der Waals surface area contributed by atoms with Crippen LogP contribution in [0.5, 0.6) is 0 Å². The molecule has 2 aromatic carbocycles. The van der Waals surface area contributed by atoms with Gasteiger partial charge in [-0.15, -0.1) is 0 Å². The van der Waals surface area contributed by atoms with Gasteiger partial charge in [-0.3, -0.25) is 9.59 Å². The molecular weight excluding hydrogens is 290 g/mol. The summed E-state index contributed by atoms with van der Waals surface area (Å²) in [5, 5.41) is 9.09.